The summed E-state index contributed by atoms with van der Waals surface area (Å²) in [6.45, 7) is 4.31. The third-order valence-electron chi connectivity index (χ3n) is 11.3. The minimum absolute atomic E-state index is 1.13. The predicted octanol–water partition coefficient (Wildman–Crippen LogP) is 14.7. The number of nitrogens with zero attached hydrogens (tertiary/aromatic N) is 3. The molecule has 0 saturated carbocycles. The van der Waals surface area contributed by atoms with Gasteiger partial charge in [-0.05, 0) is 85.3 Å². The Balaban J connectivity index is 1.33. The highest BCUT2D eigenvalue weighted by molar-refractivity contribution is 6.33. The minimum atomic E-state index is 1.13. The minimum Gasteiger partial charge on any atom is -0.309 e. The van der Waals surface area contributed by atoms with E-state index in [0.29, 0.717) is 0 Å². The number of anilines is 6. The Morgan fingerprint density at radius 1 is 0.345 bits per heavy atom. The molecule has 2 heterocycles. The quantitative estimate of drug-likeness (QED) is 0.171. The third-order valence-corrected chi connectivity index (χ3v) is 11.3. The molecule has 0 radical (unpaired) electrons. The smallest absolute Gasteiger partial charge is 0.0640 e. The summed E-state index contributed by atoms with van der Waals surface area (Å²) < 4.78 is 2.55. The first kappa shape index (κ1) is 31.4. The van der Waals surface area contributed by atoms with Crippen LogP contribution >= 0.6 is 0 Å². The van der Waals surface area contributed by atoms with Gasteiger partial charge in [0.15, 0.2) is 0 Å². The van der Waals surface area contributed by atoms with E-state index in [1.807, 2.05) is 0 Å². The zero-order chi connectivity index (χ0) is 36.6. The van der Waals surface area contributed by atoms with E-state index >= 15 is 0 Å². The van der Waals surface area contributed by atoms with Crippen LogP contribution in [0.5, 0.6) is 0 Å². The van der Waals surface area contributed by atoms with Gasteiger partial charge in [0.25, 0.3) is 0 Å². The molecule has 9 aromatic carbocycles. The summed E-state index contributed by atoms with van der Waals surface area (Å²) in [5.41, 5.74) is 13.0. The molecule has 11 rings (SSSR count). The predicted molar refractivity (Wildman–Crippen MR) is 235 cm³/mol. The highest BCUT2D eigenvalue weighted by Gasteiger charge is 2.28. The summed E-state index contributed by atoms with van der Waals surface area (Å²) in [7, 11) is 0. The molecule has 0 aliphatic carbocycles. The average Bonchev–Trinajstić information content (AvgIpc) is 3.75. The van der Waals surface area contributed by atoms with Crippen molar-refractivity contribution >= 4 is 93.8 Å². The molecule has 0 spiro atoms. The summed E-state index contributed by atoms with van der Waals surface area (Å²) in [4.78, 5) is 4.92. The molecule has 55 heavy (non-hydrogen) atoms. The molecule has 0 saturated heterocycles. The van der Waals surface area contributed by atoms with Crippen LogP contribution in [0.25, 0.3) is 59.6 Å². The van der Waals surface area contributed by atoms with Gasteiger partial charge in [0.05, 0.1) is 27.9 Å². The van der Waals surface area contributed by atoms with Gasteiger partial charge in [-0.3, -0.25) is 0 Å². The zero-order valence-corrected chi connectivity index (χ0v) is 30.7. The number of hydrogen-bond donors (Lipinski definition) is 0. The van der Waals surface area contributed by atoms with E-state index in [0.717, 1.165) is 22.7 Å². The van der Waals surface area contributed by atoms with Crippen LogP contribution in [0.15, 0.2) is 188 Å². The first-order valence-electron chi connectivity index (χ1n) is 19.0. The normalized spacial score (nSPS) is 11.8. The first-order chi connectivity index (χ1) is 27.1. The van der Waals surface area contributed by atoms with Gasteiger partial charge in [-0.1, -0.05) is 139 Å². The fourth-order valence-electron chi connectivity index (χ4n) is 8.89. The molecular weight excluding hydrogens is 667 g/mol. The van der Waals surface area contributed by atoms with Crippen LogP contribution in [-0.2, 0) is 0 Å². The molecule has 0 unspecified atom stereocenters. The van der Waals surface area contributed by atoms with Gasteiger partial charge in [0, 0.05) is 55.1 Å². The molecule has 0 amide bonds. The highest BCUT2D eigenvalue weighted by atomic mass is 15.2. The maximum atomic E-state index is 2.55. The molecule has 2 aromatic heterocycles. The second-order valence-corrected chi connectivity index (χ2v) is 14.7. The number of benzene rings is 9. The maximum Gasteiger partial charge on any atom is 0.0640 e. The molecule has 3 heteroatoms. The van der Waals surface area contributed by atoms with Crippen molar-refractivity contribution < 1.29 is 0 Å². The number of aryl methyl sites for hydroxylation is 2. The molecule has 0 fully saturated rings. The van der Waals surface area contributed by atoms with Crippen LogP contribution in [0.4, 0.5) is 34.1 Å². The fourth-order valence-corrected chi connectivity index (χ4v) is 8.89. The van der Waals surface area contributed by atoms with Crippen molar-refractivity contribution in [2.45, 2.75) is 13.8 Å². The van der Waals surface area contributed by atoms with Crippen molar-refractivity contribution in [1.82, 2.24) is 4.40 Å². The molecule has 0 aliphatic rings. The number of aromatic nitrogens is 1. The van der Waals surface area contributed by atoms with Gasteiger partial charge in [-0.2, -0.15) is 0 Å². The Morgan fingerprint density at radius 2 is 0.709 bits per heavy atom. The maximum absolute atomic E-state index is 2.55. The number of fused-ring (bicyclic) bond motifs is 8. The van der Waals surface area contributed by atoms with E-state index in [-0.39, 0.29) is 0 Å². The van der Waals surface area contributed by atoms with Crippen LogP contribution in [0.2, 0.25) is 0 Å². The molecule has 0 aliphatic heterocycles. The summed E-state index contributed by atoms with van der Waals surface area (Å²) in [5.74, 6) is 0. The van der Waals surface area contributed by atoms with E-state index < -0.39 is 0 Å². The highest BCUT2D eigenvalue weighted by Crippen LogP contribution is 2.52. The van der Waals surface area contributed by atoms with Gasteiger partial charge in [-0.15, -0.1) is 0 Å². The van der Waals surface area contributed by atoms with Crippen LogP contribution in [0.1, 0.15) is 11.1 Å². The Labute approximate surface area is 319 Å². The first-order valence-corrected chi connectivity index (χ1v) is 19.0. The average molecular weight is 704 g/mol. The topological polar surface area (TPSA) is 10.9 Å². The molecule has 11 aromatic rings. The Bertz CT molecular complexity index is 2990. The lowest BCUT2D eigenvalue weighted by atomic mass is 9.98. The largest absolute Gasteiger partial charge is 0.309 e. The van der Waals surface area contributed by atoms with Gasteiger partial charge in [0.1, 0.15) is 0 Å². The second-order valence-electron chi connectivity index (χ2n) is 14.7. The van der Waals surface area contributed by atoms with Crippen molar-refractivity contribution in [2.24, 2.45) is 0 Å². The number of para-hydroxylation sites is 3. The van der Waals surface area contributed by atoms with Gasteiger partial charge in [-0.25, -0.2) is 0 Å². The Hall–Kier alpha value is -7.10. The van der Waals surface area contributed by atoms with Crippen LogP contribution < -0.4 is 9.80 Å². The van der Waals surface area contributed by atoms with E-state index in [1.54, 1.807) is 0 Å². The molecule has 3 nitrogen and oxygen atoms in total. The van der Waals surface area contributed by atoms with Crippen molar-refractivity contribution in [1.29, 1.82) is 0 Å². The summed E-state index contributed by atoms with van der Waals surface area (Å²) >= 11 is 0. The molecule has 260 valence electrons. The molecule has 0 N–H and O–H groups in total. The SMILES string of the molecule is Cc1ccc(N(c2ccccc2)c2c3ccccc3cc3c2c2cccc4c5c(N(c6ccccc6)c6ccc(C)cc6)c6ccccc6cc5n3c24)cc1. The zero-order valence-electron chi connectivity index (χ0n) is 30.7. The summed E-state index contributed by atoms with van der Waals surface area (Å²) in [5, 5.41) is 9.84. The number of hydrogen-bond acceptors (Lipinski definition) is 2. The van der Waals surface area contributed by atoms with Crippen molar-refractivity contribution in [3.8, 4) is 0 Å². The van der Waals surface area contributed by atoms with Gasteiger partial charge >= 0.3 is 0 Å². The molecule has 0 bridgehead atoms. The van der Waals surface area contributed by atoms with Crippen LogP contribution in [0, 0.1) is 13.8 Å². The lowest BCUT2D eigenvalue weighted by molar-refractivity contribution is 1.29. The summed E-state index contributed by atoms with van der Waals surface area (Å²) in [6, 6.07) is 69.0. The number of rotatable bonds is 6. The van der Waals surface area contributed by atoms with E-state index in [4.69, 9.17) is 0 Å². The van der Waals surface area contributed by atoms with Crippen molar-refractivity contribution in [3.05, 3.63) is 199 Å². The lowest BCUT2D eigenvalue weighted by Crippen LogP contribution is -2.11. The van der Waals surface area contributed by atoms with Crippen molar-refractivity contribution in [2.75, 3.05) is 9.80 Å². The third kappa shape index (κ3) is 4.76. The van der Waals surface area contributed by atoms with Gasteiger partial charge in [0.2, 0.25) is 0 Å². The Kier molecular flexibility index (Phi) is 6.99. The van der Waals surface area contributed by atoms with Crippen molar-refractivity contribution in [3.63, 3.8) is 0 Å². The second kappa shape index (κ2) is 12.2. The summed E-state index contributed by atoms with van der Waals surface area (Å²) in [6.07, 6.45) is 0. The standard InChI is InChI=1S/C52H37N3/c1-34-24-28-40(29-25-34)53(38-16-5-3-6-17-38)51-42-20-11-9-14-36(42)32-46-48(51)44-22-13-23-45-49-47(55(46)50(44)45)33-37-15-10-12-21-43(37)52(49)54(39-18-7-4-8-19-39)41-30-26-35(2)27-31-41/h3-33H,1-2H3. The van der Waals surface area contributed by atoms with Gasteiger partial charge < -0.3 is 14.2 Å². The monoisotopic (exact) mass is 703 g/mol. The Morgan fingerprint density at radius 3 is 1.15 bits per heavy atom. The van der Waals surface area contributed by atoms with Crippen LogP contribution in [-0.4, -0.2) is 4.40 Å². The lowest BCUT2D eigenvalue weighted by Gasteiger charge is -2.28. The van der Waals surface area contributed by atoms with E-state index in [2.05, 4.69) is 216 Å². The molecular formula is C52H37N3. The van der Waals surface area contributed by atoms with Crippen LogP contribution in [0.3, 0.4) is 0 Å². The fraction of sp³-hybridized carbons (Fsp3) is 0.0385. The van der Waals surface area contributed by atoms with E-state index in [9.17, 15) is 0 Å². The molecule has 0 atom stereocenters. The van der Waals surface area contributed by atoms with E-state index in [1.165, 1.54) is 82.1 Å².